The summed E-state index contributed by atoms with van der Waals surface area (Å²) in [7, 11) is 0. The second-order valence-corrected chi connectivity index (χ2v) is 18.4. The van der Waals surface area contributed by atoms with Gasteiger partial charge in [0.25, 0.3) is 0 Å². The molecule has 1 atom stereocenters. The topological polar surface area (TPSA) is 51.6 Å². The highest BCUT2D eigenvalue weighted by Crippen LogP contribution is 2.53. The van der Waals surface area contributed by atoms with Crippen molar-refractivity contribution in [3.05, 3.63) is 253 Å². The van der Waals surface area contributed by atoms with Gasteiger partial charge < -0.3 is 0 Å². The number of hydrogen-bond donors (Lipinski definition) is 0. The molecule has 4 nitrogen and oxygen atoms in total. The van der Waals surface area contributed by atoms with Crippen molar-refractivity contribution >= 4 is 31.5 Å². The highest BCUT2D eigenvalue weighted by Gasteiger charge is 2.32. The van der Waals surface area contributed by atoms with Crippen LogP contribution in [-0.2, 0) is 0 Å². The van der Waals surface area contributed by atoms with E-state index >= 15 is 0 Å². The van der Waals surface area contributed by atoms with Crippen molar-refractivity contribution in [2.24, 2.45) is 0 Å². The zero-order chi connectivity index (χ0) is 45.0. The molecule has 0 spiro atoms. The molecule has 3 heterocycles. The van der Waals surface area contributed by atoms with Crippen LogP contribution >= 0.6 is 11.3 Å². The van der Waals surface area contributed by atoms with Gasteiger partial charge in [0.2, 0.25) is 0 Å². The van der Waals surface area contributed by atoms with E-state index in [2.05, 4.69) is 194 Å². The minimum atomic E-state index is 0.147. The normalized spacial score (nSPS) is 12.9. The highest BCUT2D eigenvalue weighted by molar-refractivity contribution is 7.25. The largest absolute Gasteiger partial charge is 0.255 e. The first-order valence-electron chi connectivity index (χ1n) is 23.0. The standard InChI is InChI=1S/C63H40N4S/c1-6-18-40(19-7-1)46-34-47(41-20-8-2-9-21-41)36-48(35-46)49-37-54(63-66-61(43-24-12-4-13-25-43)65-62(67-63)44-26-14-5-15-27-44)60(64-39-49)45-30-31-53-56(38-45)68-55-33-32-52-50-28-16-17-29-51(50)57(59(52)58(53)55)42-22-10-3-11-23-42/h1-39,57H. The van der Waals surface area contributed by atoms with Crippen LogP contribution in [0.1, 0.15) is 22.6 Å². The Morgan fingerprint density at radius 3 is 1.49 bits per heavy atom. The van der Waals surface area contributed by atoms with Crippen LogP contribution in [0.3, 0.4) is 0 Å². The van der Waals surface area contributed by atoms with E-state index in [1.165, 1.54) is 48.0 Å². The molecule has 0 saturated heterocycles. The Morgan fingerprint density at radius 1 is 0.338 bits per heavy atom. The minimum absolute atomic E-state index is 0.147. The maximum Gasteiger partial charge on any atom is 0.166 e. The number of benzene rings is 9. The number of aromatic nitrogens is 4. The molecule has 68 heavy (non-hydrogen) atoms. The van der Waals surface area contributed by atoms with E-state index in [-0.39, 0.29) is 5.92 Å². The van der Waals surface area contributed by atoms with Crippen LogP contribution < -0.4 is 0 Å². The molecule has 1 unspecified atom stereocenters. The lowest BCUT2D eigenvalue weighted by Gasteiger charge is -2.16. The van der Waals surface area contributed by atoms with Gasteiger partial charge in [0.1, 0.15) is 0 Å². The maximum absolute atomic E-state index is 5.41. The summed E-state index contributed by atoms with van der Waals surface area (Å²) in [6.45, 7) is 0. The minimum Gasteiger partial charge on any atom is -0.255 e. The van der Waals surface area contributed by atoms with Gasteiger partial charge in [-0.25, -0.2) is 15.0 Å². The molecule has 5 heteroatoms. The first-order chi connectivity index (χ1) is 33.7. The second-order valence-electron chi connectivity index (χ2n) is 17.3. The van der Waals surface area contributed by atoms with Gasteiger partial charge in [-0.2, -0.15) is 0 Å². The molecule has 13 rings (SSSR count). The summed E-state index contributed by atoms with van der Waals surface area (Å²) in [6, 6.07) is 81.9. The number of nitrogens with zero attached hydrogens (tertiary/aromatic N) is 4. The Hall–Kier alpha value is -8.64. The molecule has 1 aliphatic rings. The molecule has 318 valence electrons. The molecule has 0 amide bonds. The van der Waals surface area contributed by atoms with E-state index in [0.29, 0.717) is 17.5 Å². The van der Waals surface area contributed by atoms with Gasteiger partial charge in [0.15, 0.2) is 17.5 Å². The van der Waals surface area contributed by atoms with Crippen LogP contribution in [0.15, 0.2) is 237 Å². The van der Waals surface area contributed by atoms with E-state index in [1.54, 1.807) is 0 Å². The highest BCUT2D eigenvalue weighted by atomic mass is 32.1. The molecule has 0 bridgehead atoms. The second kappa shape index (κ2) is 16.7. The van der Waals surface area contributed by atoms with Crippen LogP contribution in [0.5, 0.6) is 0 Å². The van der Waals surface area contributed by atoms with Crippen LogP contribution in [0, 0.1) is 0 Å². The quantitative estimate of drug-likeness (QED) is 0.153. The van der Waals surface area contributed by atoms with Crippen molar-refractivity contribution in [2.45, 2.75) is 5.92 Å². The zero-order valence-corrected chi connectivity index (χ0v) is 37.6. The van der Waals surface area contributed by atoms with E-state index < -0.39 is 0 Å². The number of thiophene rings is 1. The van der Waals surface area contributed by atoms with Gasteiger partial charge in [-0.3, -0.25) is 4.98 Å². The van der Waals surface area contributed by atoms with Crippen LogP contribution in [-0.4, -0.2) is 19.9 Å². The predicted octanol–water partition coefficient (Wildman–Crippen LogP) is 16.5. The molecule has 0 radical (unpaired) electrons. The first-order valence-corrected chi connectivity index (χ1v) is 23.8. The monoisotopic (exact) mass is 884 g/mol. The molecular formula is C63H40N4S. The lowest BCUT2D eigenvalue weighted by molar-refractivity contribution is 1.03. The van der Waals surface area contributed by atoms with E-state index in [1.807, 2.05) is 53.9 Å². The molecule has 0 fully saturated rings. The zero-order valence-electron chi connectivity index (χ0n) is 36.8. The van der Waals surface area contributed by atoms with Crippen LogP contribution in [0.2, 0.25) is 0 Å². The summed E-state index contributed by atoms with van der Waals surface area (Å²) in [4.78, 5) is 21.0. The Labute approximate surface area is 398 Å². The smallest absolute Gasteiger partial charge is 0.166 e. The SMILES string of the molecule is c1ccc(-c2cc(-c3ccccc3)cc(-c3cnc(-c4ccc5c(c4)sc4ccc6c(c45)C(c4ccccc4)c4ccccc4-6)c(-c4nc(-c5ccccc5)nc(-c5ccccc5)n4)c3)c2)cc1. The lowest BCUT2D eigenvalue weighted by Crippen LogP contribution is -2.02. The van der Waals surface area contributed by atoms with Crippen LogP contribution in [0.4, 0.5) is 0 Å². The van der Waals surface area contributed by atoms with Crippen molar-refractivity contribution in [3.8, 4) is 89.9 Å². The van der Waals surface area contributed by atoms with Gasteiger partial charge >= 0.3 is 0 Å². The molecular weight excluding hydrogens is 845 g/mol. The fourth-order valence-corrected chi connectivity index (χ4v) is 11.2. The Kier molecular flexibility index (Phi) is 9.73. The Balaban J connectivity index is 1.03. The summed E-state index contributed by atoms with van der Waals surface area (Å²) in [6.07, 6.45) is 2.01. The molecule has 12 aromatic rings. The number of hydrogen-bond acceptors (Lipinski definition) is 5. The number of rotatable bonds is 8. The molecule has 0 aliphatic heterocycles. The third-order valence-corrected chi connectivity index (χ3v) is 14.4. The third kappa shape index (κ3) is 7.00. The van der Waals surface area contributed by atoms with E-state index in [9.17, 15) is 0 Å². The van der Waals surface area contributed by atoms with Crippen molar-refractivity contribution < 1.29 is 0 Å². The average Bonchev–Trinajstić information content (AvgIpc) is 3.97. The molecule has 0 saturated carbocycles. The fourth-order valence-electron chi connectivity index (χ4n) is 10.1. The predicted molar refractivity (Wildman–Crippen MR) is 281 cm³/mol. The summed E-state index contributed by atoms with van der Waals surface area (Å²) < 4.78 is 2.48. The lowest BCUT2D eigenvalue weighted by atomic mass is 9.87. The summed E-state index contributed by atoms with van der Waals surface area (Å²) in [5, 5.41) is 2.58. The van der Waals surface area contributed by atoms with Gasteiger partial charge in [-0.15, -0.1) is 11.3 Å². The summed E-state index contributed by atoms with van der Waals surface area (Å²) >= 11 is 1.84. The van der Waals surface area contributed by atoms with Gasteiger partial charge in [0, 0.05) is 60.1 Å². The maximum atomic E-state index is 5.41. The van der Waals surface area contributed by atoms with Gasteiger partial charge in [0.05, 0.1) is 5.69 Å². The molecule has 0 N–H and O–H groups in total. The first kappa shape index (κ1) is 39.7. The van der Waals surface area contributed by atoms with E-state index in [4.69, 9.17) is 19.9 Å². The van der Waals surface area contributed by atoms with E-state index in [0.717, 1.165) is 61.3 Å². The number of pyridine rings is 1. The fraction of sp³-hybridized carbons (Fsp3) is 0.0159. The van der Waals surface area contributed by atoms with Crippen molar-refractivity contribution in [1.82, 2.24) is 19.9 Å². The van der Waals surface area contributed by atoms with Gasteiger partial charge in [-0.1, -0.05) is 194 Å². The average molecular weight is 885 g/mol. The molecule has 3 aromatic heterocycles. The summed E-state index contributed by atoms with van der Waals surface area (Å²) in [5.41, 5.74) is 17.7. The molecule has 9 aromatic carbocycles. The molecule has 1 aliphatic carbocycles. The van der Waals surface area contributed by atoms with Crippen molar-refractivity contribution in [3.63, 3.8) is 0 Å². The van der Waals surface area contributed by atoms with Crippen LogP contribution in [0.25, 0.3) is 110 Å². The van der Waals surface area contributed by atoms with Crippen molar-refractivity contribution in [2.75, 3.05) is 0 Å². The Bertz CT molecular complexity index is 3720. The Morgan fingerprint density at radius 2 is 0.868 bits per heavy atom. The van der Waals surface area contributed by atoms with Gasteiger partial charge in [-0.05, 0) is 92.0 Å². The number of fused-ring (bicyclic) bond motifs is 7. The van der Waals surface area contributed by atoms with Crippen molar-refractivity contribution in [1.29, 1.82) is 0 Å². The summed E-state index contributed by atoms with van der Waals surface area (Å²) in [5.74, 6) is 1.91. The third-order valence-electron chi connectivity index (χ3n) is 13.2.